The second kappa shape index (κ2) is 30.7. The number of carboxylic acid groups (broad SMARTS) is 2. The van der Waals surface area contributed by atoms with Crippen molar-refractivity contribution in [3.63, 3.8) is 0 Å². The van der Waals surface area contributed by atoms with Crippen LogP contribution >= 0.6 is 0 Å². The van der Waals surface area contributed by atoms with Crippen LogP contribution in [0.25, 0.3) is 86.1 Å². The summed E-state index contributed by atoms with van der Waals surface area (Å²) in [4.78, 5) is 66.5. The van der Waals surface area contributed by atoms with Crippen LogP contribution in [0.4, 0.5) is 24.5 Å². The zero-order valence-electron chi connectivity index (χ0n) is 61.0. The van der Waals surface area contributed by atoms with Crippen molar-refractivity contribution in [3.8, 4) is 39.5 Å². The Hall–Kier alpha value is -10.8. The number of ether oxygens (including phenoxy) is 6. The quantitative estimate of drug-likeness (QED) is 0.0261. The van der Waals surface area contributed by atoms with Crippen molar-refractivity contribution in [1.29, 1.82) is 0 Å². The minimum Gasteiger partial charge on any atom is -0.493 e. The average molecular weight is 1470 g/mol. The van der Waals surface area contributed by atoms with E-state index in [4.69, 9.17) is 57.3 Å². The second-order valence-corrected chi connectivity index (χ2v) is 29.3. The zero-order valence-corrected chi connectivity index (χ0v) is 61.9. The molecular weight excluding hydrogens is 1380 g/mol. The zero-order chi connectivity index (χ0) is 77.3. The van der Waals surface area contributed by atoms with Gasteiger partial charge in [0.15, 0.2) is 35.4 Å². The minimum absolute atomic E-state index is 0.0384. The Balaban J connectivity index is 0.000000171. The van der Waals surface area contributed by atoms with Crippen LogP contribution < -0.4 is 19.4 Å². The van der Waals surface area contributed by atoms with Gasteiger partial charge < -0.3 is 48.6 Å². The lowest BCUT2D eigenvalue weighted by Gasteiger charge is -2.31. The van der Waals surface area contributed by atoms with E-state index in [0.29, 0.717) is 60.4 Å². The van der Waals surface area contributed by atoms with Crippen molar-refractivity contribution in [2.45, 2.75) is 163 Å². The molecule has 4 N–H and O–H groups in total. The number of carboxylic acids is 2. The molecule has 1 amide bonds. The van der Waals surface area contributed by atoms with Crippen LogP contribution in [-0.2, 0) is 56.3 Å². The highest BCUT2D eigenvalue weighted by Gasteiger charge is 2.50. The lowest BCUT2D eigenvalue weighted by atomic mass is 9.85. The van der Waals surface area contributed by atoms with Crippen LogP contribution in [0.5, 0.6) is 17.2 Å². The number of hydrogen-bond donors (Lipinski definition) is 3. The third-order valence-corrected chi connectivity index (χ3v) is 20.3. The molecule has 0 saturated heterocycles. The number of halogens is 3. The second-order valence-electron chi connectivity index (χ2n) is 27.8. The predicted molar refractivity (Wildman–Crippen MR) is 399 cm³/mol. The molecule has 12 rings (SSSR count). The lowest BCUT2D eigenvalue weighted by Crippen LogP contribution is -2.33. The van der Waals surface area contributed by atoms with Crippen LogP contribution in [0.3, 0.4) is 0 Å². The third kappa shape index (κ3) is 15.9. The van der Waals surface area contributed by atoms with Crippen LogP contribution in [0.2, 0.25) is 0 Å². The van der Waals surface area contributed by atoms with Crippen LogP contribution in [0.15, 0.2) is 122 Å². The number of benzene rings is 8. The summed E-state index contributed by atoms with van der Waals surface area (Å²) in [6, 6.07) is 31.8. The summed E-state index contributed by atoms with van der Waals surface area (Å²) in [5, 5.41) is 26.2. The maximum absolute atomic E-state index is 13.2. The largest absolute Gasteiger partial charge is 0.534 e. The topological polar surface area (TPSA) is 268 Å². The molecule has 4 heterocycles. The molecule has 2 aromatic heterocycles. The Morgan fingerprint density at radius 1 is 0.566 bits per heavy atom. The van der Waals surface area contributed by atoms with Gasteiger partial charge in [0.05, 0.1) is 60.8 Å². The summed E-state index contributed by atoms with van der Waals surface area (Å²) >= 11 is 0. The van der Waals surface area contributed by atoms with Gasteiger partial charge in [-0.25, -0.2) is 24.1 Å². The van der Waals surface area contributed by atoms with Crippen molar-refractivity contribution < 1.29 is 83.6 Å². The fourth-order valence-electron chi connectivity index (χ4n) is 13.1. The SMILES string of the molecule is CCC(C)(C)O[C@H](C(=O)O)c1c(C)cc2cc(C(N)=O)ccc2c1-c1ccc2c3c(ccnc13)CCO2.[C-]#[N+]c1ccc2c(-c3ccc4c5c(ccnc35)CCO4)c([C@H](OC(C)(C)CC)C(=O)O)c(C)cc2c1.[C-]#[N+]c1ccc2c(OS(=O)(=O)C(F)(F)F)c([C@H](OC(C)(C)CC)C(=O)OCC)c(C)cc2c1. The van der Waals surface area contributed by atoms with Gasteiger partial charge in [0, 0.05) is 74.8 Å². The molecule has 106 heavy (non-hydrogen) atoms. The monoisotopic (exact) mass is 1470 g/mol. The molecule has 0 unspecified atom stereocenters. The molecule has 10 aromatic rings. The number of alkyl halides is 3. The van der Waals surface area contributed by atoms with Crippen molar-refractivity contribution in [1.82, 2.24) is 9.97 Å². The number of primary amides is 1. The van der Waals surface area contributed by atoms with E-state index in [1.165, 1.54) is 31.2 Å². The molecule has 0 aliphatic carbocycles. The van der Waals surface area contributed by atoms with Gasteiger partial charge in [-0.1, -0.05) is 69.3 Å². The molecule has 2 aliphatic heterocycles. The van der Waals surface area contributed by atoms with Gasteiger partial charge in [0.1, 0.15) is 11.5 Å². The van der Waals surface area contributed by atoms with E-state index >= 15 is 0 Å². The van der Waals surface area contributed by atoms with Crippen molar-refractivity contribution in [2.24, 2.45) is 5.73 Å². The molecule has 0 radical (unpaired) electrons. The first kappa shape index (κ1) is 77.8. The van der Waals surface area contributed by atoms with Gasteiger partial charge in [0.25, 0.3) is 0 Å². The van der Waals surface area contributed by atoms with Gasteiger partial charge in [-0.2, -0.15) is 21.6 Å². The number of fused-ring (bicyclic) bond motifs is 3. The third-order valence-electron chi connectivity index (χ3n) is 19.4. The van der Waals surface area contributed by atoms with Gasteiger partial charge in [-0.15, -0.1) is 0 Å². The molecular formula is C82H82F3N5O15S. The molecule has 0 saturated carbocycles. The van der Waals surface area contributed by atoms with Crippen LogP contribution in [0.1, 0.15) is 162 Å². The molecule has 0 bridgehead atoms. The highest BCUT2D eigenvalue weighted by Crippen LogP contribution is 2.50. The molecule has 20 nitrogen and oxygen atoms in total. The Morgan fingerprint density at radius 3 is 1.38 bits per heavy atom. The number of amides is 1. The Kier molecular flexibility index (Phi) is 22.6. The predicted octanol–water partition coefficient (Wildman–Crippen LogP) is 18.6. The Morgan fingerprint density at radius 2 is 0.972 bits per heavy atom. The van der Waals surface area contributed by atoms with Gasteiger partial charge in [0.2, 0.25) is 5.91 Å². The number of esters is 1. The average Bonchev–Trinajstić information content (AvgIpc) is 0.783. The number of carbonyl (C=O) groups is 4. The molecule has 0 spiro atoms. The van der Waals surface area contributed by atoms with E-state index in [0.717, 1.165) is 107 Å². The maximum atomic E-state index is 13.2. The van der Waals surface area contributed by atoms with E-state index in [9.17, 15) is 51.0 Å². The minimum atomic E-state index is -6.09. The number of carbonyl (C=O) groups excluding carboxylic acids is 2. The van der Waals surface area contributed by atoms with E-state index in [2.05, 4.69) is 13.9 Å². The van der Waals surface area contributed by atoms with E-state index in [1.807, 2.05) is 122 Å². The molecule has 552 valence electrons. The highest BCUT2D eigenvalue weighted by atomic mass is 32.2. The fraction of sp³-hybridized carbons (Fsp3) is 0.341. The van der Waals surface area contributed by atoms with E-state index in [1.54, 1.807) is 58.3 Å². The molecule has 8 aromatic carbocycles. The molecule has 3 atom stereocenters. The van der Waals surface area contributed by atoms with Crippen molar-refractivity contribution in [3.05, 3.63) is 194 Å². The number of rotatable bonds is 21. The van der Waals surface area contributed by atoms with Gasteiger partial charge in [-0.3, -0.25) is 14.8 Å². The molecule has 24 heteroatoms. The van der Waals surface area contributed by atoms with Crippen LogP contribution in [-0.4, -0.2) is 94.5 Å². The Bertz CT molecular complexity index is 5370. The van der Waals surface area contributed by atoms with Gasteiger partial charge >= 0.3 is 33.5 Å². The number of hydrogen-bond acceptors (Lipinski definition) is 15. The summed E-state index contributed by atoms with van der Waals surface area (Å²) in [7, 11) is -6.09. The Labute approximate surface area is 612 Å². The summed E-state index contributed by atoms with van der Waals surface area (Å²) in [6.45, 7) is 39.2. The number of pyridine rings is 2. The van der Waals surface area contributed by atoms with Gasteiger partial charge in [-0.05, 0) is 215 Å². The summed E-state index contributed by atoms with van der Waals surface area (Å²) < 4.78 is 104. The summed E-state index contributed by atoms with van der Waals surface area (Å²) in [5.41, 5.74) is 8.35. The normalized spacial score (nSPS) is 13.8. The first-order chi connectivity index (χ1) is 50.0. The van der Waals surface area contributed by atoms with Crippen molar-refractivity contribution in [2.75, 3.05) is 19.8 Å². The van der Waals surface area contributed by atoms with E-state index in [-0.39, 0.29) is 34.2 Å². The number of aryl methyl sites for hydroxylation is 3. The van der Waals surface area contributed by atoms with Crippen LogP contribution in [0, 0.1) is 33.9 Å². The first-order valence-electron chi connectivity index (χ1n) is 34.5. The standard InChI is InChI=1S/C30H30N2O5.C30H28N2O4.C22H24F3NO6S/c1-5-30(3,4)37-27(29(34)35)23-16(2)14-19-15-18(28(31)33)6-7-20(19)25(23)21-8-9-22-24-17(11-13-36-22)10-12-32-26(21)24;1-6-30(3,4)36-28(29(33)34)24-17(2)15-19-16-20(31-5)7-8-21(19)26(24)22-9-10-23-25-18(12-14-35-23)11-13-32-27(22)25;1-7-21(4,5)31-19(20(27)30-8-2)17-13(3)11-14-12-15(26-6)9-10-16(14)18(17)32-33(28,29)22(23,24)25/h6-10,12,14-15,27H,5,11,13H2,1-4H3,(H2,31,33)(H,34,35);7-11,13,15-16,28H,6,12,14H2,1-4H3,(H,33,34);9-12,19H,7-8H2,1-5H3/t27-;28-;19-/m000/s1. The summed E-state index contributed by atoms with van der Waals surface area (Å²) in [5.74, 6) is -2.70. The number of aromatic nitrogens is 2. The number of nitrogens with two attached hydrogens (primary N) is 1. The number of aliphatic carboxylic acids is 2. The fourth-order valence-corrected chi connectivity index (χ4v) is 13.6. The van der Waals surface area contributed by atoms with Crippen molar-refractivity contribution >= 4 is 99.4 Å². The summed E-state index contributed by atoms with van der Waals surface area (Å²) in [6.07, 6.45) is 2.91. The molecule has 0 fully saturated rings. The first-order valence-corrected chi connectivity index (χ1v) is 35.9. The van der Waals surface area contributed by atoms with E-state index < -0.39 is 80.3 Å². The highest BCUT2D eigenvalue weighted by molar-refractivity contribution is 7.88. The number of nitrogens with zero attached hydrogens (tertiary/aromatic N) is 4. The molecule has 2 aliphatic rings. The smallest absolute Gasteiger partial charge is 0.493 e. The maximum Gasteiger partial charge on any atom is 0.534 e. The lowest BCUT2D eigenvalue weighted by molar-refractivity contribution is -0.168.